The molecule has 3 atom stereocenters. The number of hydrogen-bond donors (Lipinski definition) is 2. The average molecular weight is 915 g/mol. The fourth-order valence-corrected chi connectivity index (χ4v) is 7.78. The van der Waals surface area contributed by atoms with E-state index in [0.29, 0.717) is 12.8 Å². The maximum atomic E-state index is 12.8. The number of aliphatic hydroxyl groups excluding tert-OH is 2. The Balaban J connectivity index is 4.47. The zero-order valence-electron chi connectivity index (χ0n) is 42.5. The molecule has 0 saturated carbocycles. The monoisotopic (exact) mass is 915 g/mol. The number of allylic oxidation sites excluding steroid dienone is 7. The Morgan fingerprint density at radius 1 is 0.400 bits per heavy atom. The van der Waals surface area contributed by atoms with Crippen molar-refractivity contribution in [3.8, 4) is 0 Å². The molecule has 0 aromatic rings. The molecule has 0 aliphatic rings. The van der Waals surface area contributed by atoms with E-state index in [4.69, 9.17) is 14.2 Å². The van der Waals surface area contributed by atoms with Crippen LogP contribution in [-0.4, -0.2) is 59.6 Å². The molecule has 0 fully saturated rings. The molecule has 0 aliphatic heterocycles. The lowest BCUT2D eigenvalue weighted by molar-refractivity contribution is -0.167. The van der Waals surface area contributed by atoms with Gasteiger partial charge in [-0.15, -0.1) is 0 Å². The lowest BCUT2D eigenvalue weighted by Crippen LogP contribution is -2.30. The van der Waals surface area contributed by atoms with Crippen LogP contribution in [0.3, 0.4) is 0 Å². The summed E-state index contributed by atoms with van der Waals surface area (Å²) >= 11 is 0. The number of hydrogen-bond acceptors (Lipinski definition) is 8. The van der Waals surface area contributed by atoms with Gasteiger partial charge >= 0.3 is 17.9 Å². The molecule has 2 N–H and O–H groups in total. The van der Waals surface area contributed by atoms with E-state index in [-0.39, 0.29) is 49.8 Å². The van der Waals surface area contributed by atoms with Gasteiger partial charge in [0.2, 0.25) is 0 Å². The van der Waals surface area contributed by atoms with Crippen molar-refractivity contribution in [2.75, 3.05) is 13.2 Å². The van der Waals surface area contributed by atoms with Crippen molar-refractivity contribution in [2.45, 2.75) is 283 Å². The summed E-state index contributed by atoms with van der Waals surface area (Å²) in [6.45, 7) is 6.33. The maximum absolute atomic E-state index is 12.8. The molecule has 0 spiro atoms. The first-order valence-corrected chi connectivity index (χ1v) is 27.3. The molecule has 65 heavy (non-hydrogen) atoms. The topological polar surface area (TPSA) is 119 Å². The van der Waals surface area contributed by atoms with Gasteiger partial charge in [0.15, 0.2) is 6.10 Å². The van der Waals surface area contributed by atoms with E-state index >= 15 is 0 Å². The van der Waals surface area contributed by atoms with E-state index in [9.17, 15) is 24.6 Å². The third-order valence-corrected chi connectivity index (χ3v) is 12.0. The fraction of sp³-hybridized carbons (Fsp3) is 0.807. The van der Waals surface area contributed by atoms with E-state index < -0.39 is 6.10 Å². The van der Waals surface area contributed by atoms with Gasteiger partial charge in [-0.2, -0.15) is 0 Å². The van der Waals surface area contributed by atoms with E-state index in [1.165, 1.54) is 57.8 Å². The fourth-order valence-electron chi connectivity index (χ4n) is 7.78. The summed E-state index contributed by atoms with van der Waals surface area (Å²) in [5.41, 5.74) is 0. The molecule has 0 bridgehead atoms. The van der Waals surface area contributed by atoms with Gasteiger partial charge in [0.1, 0.15) is 13.2 Å². The highest BCUT2D eigenvalue weighted by atomic mass is 16.6. The minimum atomic E-state index is -0.819. The van der Waals surface area contributed by atoms with Crippen LogP contribution in [0.5, 0.6) is 0 Å². The van der Waals surface area contributed by atoms with Gasteiger partial charge < -0.3 is 24.4 Å². The second-order valence-corrected chi connectivity index (χ2v) is 18.5. The third kappa shape index (κ3) is 49.0. The molecule has 0 aliphatic carbocycles. The Bertz CT molecular complexity index is 1180. The van der Waals surface area contributed by atoms with Crippen molar-refractivity contribution in [2.24, 2.45) is 0 Å². The van der Waals surface area contributed by atoms with Crippen molar-refractivity contribution in [1.29, 1.82) is 0 Å². The molecule has 378 valence electrons. The SMILES string of the molecule is CCC=CCC=CCC=CCCCCCCCC(=O)OCC(COC(=O)CCCCCCCCCCC(O)CCCCCC)OC(=O)CCCCCCCC=CCC(O)CCCCCC. The molecule has 0 rings (SSSR count). The van der Waals surface area contributed by atoms with Crippen LogP contribution in [0.25, 0.3) is 0 Å². The van der Waals surface area contributed by atoms with Gasteiger partial charge in [-0.3, -0.25) is 14.4 Å². The second-order valence-electron chi connectivity index (χ2n) is 18.5. The zero-order valence-corrected chi connectivity index (χ0v) is 42.5. The molecule has 0 amide bonds. The van der Waals surface area contributed by atoms with Crippen LogP contribution in [-0.2, 0) is 28.6 Å². The van der Waals surface area contributed by atoms with Crippen molar-refractivity contribution >= 4 is 17.9 Å². The highest BCUT2D eigenvalue weighted by molar-refractivity contribution is 5.71. The predicted octanol–water partition coefficient (Wildman–Crippen LogP) is 15.8. The van der Waals surface area contributed by atoms with Gasteiger partial charge in [0, 0.05) is 19.3 Å². The molecular weight excluding hydrogens is 813 g/mol. The van der Waals surface area contributed by atoms with E-state index in [0.717, 1.165) is 167 Å². The Labute approximate surface area is 400 Å². The Hall–Kier alpha value is -2.71. The summed E-state index contributed by atoms with van der Waals surface area (Å²) in [5, 5.41) is 20.3. The number of ether oxygens (including phenoxy) is 3. The molecule has 0 saturated heterocycles. The molecule has 0 aromatic carbocycles. The van der Waals surface area contributed by atoms with Gasteiger partial charge in [-0.1, -0.05) is 204 Å². The smallest absolute Gasteiger partial charge is 0.306 e. The second kappa shape index (κ2) is 50.7. The van der Waals surface area contributed by atoms with Crippen LogP contribution in [0, 0.1) is 0 Å². The Morgan fingerprint density at radius 2 is 0.769 bits per heavy atom. The number of carbonyl (C=O) groups excluding carboxylic acids is 3. The van der Waals surface area contributed by atoms with Gasteiger partial charge in [-0.25, -0.2) is 0 Å². The van der Waals surface area contributed by atoms with Gasteiger partial charge in [0.25, 0.3) is 0 Å². The lowest BCUT2D eigenvalue weighted by atomic mass is 10.0. The lowest BCUT2D eigenvalue weighted by Gasteiger charge is -2.18. The highest BCUT2D eigenvalue weighted by Crippen LogP contribution is 2.16. The number of unbranched alkanes of at least 4 members (excludes halogenated alkanes) is 23. The van der Waals surface area contributed by atoms with Crippen LogP contribution in [0.4, 0.5) is 0 Å². The predicted molar refractivity (Wildman–Crippen MR) is 273 cm³/mol. The quantitative estimate of drug-likeness (QED) is 0.0268. The number of rotatable bonds is 49. The summed E-state index contributed by atoms with van der Waals surface area (Å²) in [6, 6.07) is 0. The molecule has 8 nitrogen and oxygen atoms in total. The Kier molecular flexibility index (Phi) is 48.6. The first-order chi connectivity index (χ1) is 31.8. The van der Waals surface area contributed by atoms with Crippen molar-refractivity contribution < 1.29 is 38.8 Å². The molecule has 8 heteroatoms. The zero-order chi connectivity index (χ0) is 47.5. The van der Waals surface area contributed by atoms with Gasteiger partial charge in [-0.05, 0) is 89.9 Å². The van der Waals surface area contributed by atoms with Crippen molar-refractivity contribution in [3.63, 3.8) is 0 Å². The molecule has 3 unspecified atom stereocenters. The summed E-state index contributed by atoms with van der Waals surface area (Å²) in [4.78, 5) is 38.1. The van der Waals surface area contributed by atoms with Crippen molar-refractivity contribution in [3.05, 3.63) is 48.6 Å². The van der Waals surface area contributed by atoms with Crippen LogP contribution in [0.2, 0.25) is 0 Å². The van der Waals surface area contributed by atoms with Crippen LogP contribution in [0.1, 0.15) is 265 Å². The first kappa shape index (κ1) is 62.3. The molecule has 0 heterocycles. The van der Waals surface area contributed by atoms with Gasteiger partial charge in [0.05, 0.1) is 12.2 Å². The third-order valence-electron chi connectivity index (χ3n) is 12.0. The van der Waals surface area contributed by atoms with E-state index in [1.54, 1.807) is 0 Å². The average Bonchev–Trinajstić information content (AvgIpc) is 3.30. The van der Waals surface area contributed by atoms with E-state index in [2.05, 4.69) is 69.4 Å². The Morgan fingerprint density at radius 3 is 1.25 bits per heavy atom. The van der Waals surface area contributed by atoms with Crippen molar-refractivity contribution in [1.82, 2.24) is 0 Å². The summed E-state index contributed by atoms with van der Waals surface area (Å²) < 4.78 is 16.8. The van der Waals surface area contributed by atoms with Crippen LogP contribution in [0.15, 0.2) is 48.6 Å². The standard InChI is InChI=1S/C57H102O8/c1-4-7-10-13-14-15-16-17-18-19-20-21-28-33-40-47-55(60)63-50-54(65-57(62)49-42-35-30-25-23-27-32-39-46-53(59)44-37-12-9-6-3)51-64-56(61)48-41-34-29-24-22-26-31-38-45-52(58)43-36-11-8-5-2/h7,10,14-15,17-18,32,39,52-54,58-59H,4-6,8-9,11-13,16,19-31,33-38,40-51H2,1-3H3. The minimum absolute atomic E-state index is 0.115. The van der Waals surface area contributed by atoms with Crippen LogP contribution < -0.4 is 0 Å². The van der Waals surface area contributed by atoms with E-state index in [1.807, 2.05) is 0 Å². The summed E-state index contributed by atoms with van der Waals surface area (Å²) in [6.07, 6.45) is 54.0. The number of esters is 3. The highest BCUT2D eigenvalue weighted by Gasteiger charge is 2.19. The molecule has 0 radical (unpaired) electrons. The normalized spacial score (nSPS) is 13.4. The molecular formula is C57H102O8. The number of carbonyl (C=O) groups is 3. The number of aliphatic hydroxyl groups is 2. The summed E-state index contributed by atoms with van der Waals surface area (Å²) in [5.74, 6) is -0.993. The largest absolute Gasteiger partial charge is 0.462 e. The summed E-state index contributed by atoms with van der Waals surface area (Å²) in [7, 11) is 0. The first-order valence-electron chi connectivity index (χ1n) is 27.3. The van der Waals surface area contributed by atoms with Crippen LogP contribution >= 0.6 is 0 Å². The maximum Gasteiger partial charge on any atom is 0.306 e. The molecule has 0 aromatic heterocycles. The minimum Gasteiger partial charge on any atom is -0.462 e.